The van der Waals surface area contributed by atoms with Gasteiger partial charge in [-0.1, -0.05) is 46.4 Å². The molecule has 1 aromatic heterocycles. The van der Waals surface area contributed by atoms with E-state index in [-0.39, 0.29) is 34.9 Å². The lowest BCUT2D eigenvalue weighted by Crippen LogP contribution is -2.43. The van der Waals surface area contributed by atoms with Gasteiger partial charge < -0.3 is 5.32 Å². The standard InChI is InChI=1S/C20H31N3O2S/c1-12(2)16-8-18(25)23-15(11-26-19(23)22-16)7-17(24)21-14-6-13(3)9-20(4,5)10-14/h8,12-15H,6-7,9-11H2,1-5H3,(H,21,24)/t13-,14+,15-/m1/s1. The van der Waals surface area contributed by atoms with Gasteiger partial charge >= 0.3 is 0 Å². The Morgan fingerprint density at radius 1 is 1.42 bits per heavy atom. The second-order valence-corrected chi connectivity index (χ2v) is 10.2. The number of carbonyl (C=O) groups is 1. The van der Waals surface area contributed by atoms with Crippen LogP contribution in [0.25, 0.3) is 0 Å². The second-order valence-electron chi connectivity index (χ2n) is 9.17. The number of thioether (sulfide) groups is 1. The van der Waals surface area contributed by atoms with Gasteiger partial charge in [-0.05, 0) is 36.5 Å². The summed E-state index contributed by atoms with van der Waals surface area (Å²) in [7, 11) is 0. The van der Waals surface area contributed by atoms with Crippen LogP contribution in [-0.4, -0.2) is 27.3 Å². The third-order valence-electron chi connectivity index (χ3n) is 5.47. The Kier molecular flexibility index (Phi) is 5.52. The fraction of sp³-hybridized carbons (Fsp3) is 0.750. The Labute approximate surface area is 160 Å². The van der Waals surface area contributed by atoms with Gasteiger partial charge in [0, 0.05) is 24.3 Å². The average molecular weight is 378 g/mol. The highest BCUT2D eigenvalue weighted by Crippen LogP contribution is 2.39. The number of amides is 1. The predicted octanol–water partition coefficient (Wildman–Crippen LogP) is 3.73. The van der Waals surface area contributed by atoms with Crippen molar-refractivity contribution in [2.45, 2.75) is 83.5 Å². The van der Waals surface area contributed by atoms with E-state index in [1.165, 1.54) is 6.42 Å². The molecule has 1 amide bonds. The molecule has 2 heterocycles. The summed E-state index contributed by atoms with van der Waals surface area (Å²) in [5.41, 5.74) is 1.07. The molecule has 26 heavy (non-hydrogen) atoms. The second kappa shape index (κ2) is 7.37. The van der Waals surface area contributed by atoms with E-state index < -0.39 is 0 Å². The van der Waals surface area contributed by atoms with Crippen molar-refractivity contribution < 1.29 is 4.79 Å². The van der Waals surface area contributed by atoms with Gasteiger partial charge in [-0.25, -0.2) is 4.98 Å². The molecule has 0 aromatic carbocycles. The lowest BCUT2D eigenvalue weighted by atomic mass is 9.70. The van der Waals surface area contributed by atoms with E-state index in [1.54, 1.807) is 22.4 Å². The maximum absolute atomic E-state index is 12.6. The highest BCUT2D eigenvalue weighted by molar-refractivity contribution is 7.99. The molecule has 1 aliphatic carbocycles. The molecule has 0 saturated heterocycles. The summed E-state index contributed by atoms with van der Waals surface area (Å²) < 4.78 is 1.71. The Balaban J connectivity index is 1.66. The Morgan fingerprint density at radius 2 is 2.15 bits per heavy atom. The molecule has 144 valence electrons. The number of hydrogen-bond acceptors (Lipinski definition) is 4. The number of hydrogen-bond donors (Lipinski definition) is 1. The van der Waals surface area contributed by atoms with E-state index in [1.807, 2.05) is 13.8 Å². The number of nitrogens with one attached hydrogen (secondary N) is 1. The zero-order chi connectivity index (χ0) is 19.1. The summed E-state index contributed by atoms with van der Waals surface area (Å²) in [6, 6.07) is 1.77. The predicted molar refractivity (Wildman–Crippen MR) is 106 cm³/mol. The van der Waals surface area contributed by atoms with Crippen LogP contribution in [0.4, 0.5) is 0 Å². The molecule has 1 aromatic rings. The van der Waals surface area contributed by atoms with Crippen molar-refractivity contribution in [3.05, 3.63) is 22.1 Å². The monoisotopic (exact) mass is 377 g/mol. The van der Waals surface area contributed by atoms with Crippen LogP contribution in [0.1, 0.15) is 78.0 Å². The number of rotatable bonds is 4. The van der Waals surface area contributed by atoms with Crippen LogP contribution < -0.4 is 10.9 Å². The molecule has 6 heteroatoms. The molecule has 1 aliphatic heterocycles. The molecule has 3 rings (SSSR count). The quantitative estimate of drug-likeness (QED) is 0.812. The maximum atomic E-state index is 12.6. The van der Waals surface area contributed by atoms with E-state index in [0.717, 1.165) is 29.4 Å². The van der Waals surface area contributed by atoms with Crippen LogP contribution in [0.15, 0.2) is 16.0 Å². The molecule has 2 aliphatic rings. The highest BCUT2D eigenvalue weighted by atomic mass is 32.2. The topological polar surface area (TPSA) is 64.0 Å². The Hall–Kier alpha value is -1.30. The van der Waals surface area contributed by atoms with Gasteiger partial charge in [0.25, 0.3) is 5.56 Å². The molecule has 1 saturated carbocycles. The molecular formula is C20H31N3O2S. The third kappa shape index (κ3) is 4.33. The number of nitrogens with zero attached hydrogens (tertiary/aromatic N) is 2. The lowest BCUT2D eigenvalue weighted by molar-refractivity contribution is -0.123. The molecule has 0 spiro atoms. The van der Waals surface area contributed by atoms with Crippen LogP contribution in [0.5, 0.6) is 0 Å². The van der Waals surface area contributed by atoms with Crippen molar-refractivity contribution in [3.63, 3.8) is 0 Å². The van der Waals surface area contributed by atoms with Crippen LogP contribution in [0.3, 0.4) is 0 Å². The summed E-state index contributed by atoms with van der Waals surface area (Å²) in [6.45, 7) is 10.9. The smallest absolute Gasteiger partial charge is 0.254 e. The first-order valence-corrected chi connectivity index (χ1v) is 10.7. The zero-order valence-electron chi connectivity index (χ0n) is 16.5. The van der Waals surface area contributed by atoms with Gasteiger partial charge in [0.05, 0.1) is 11.7 Å². The SMILES string of the molecule is CC(C)c1cc(=O)n2c(n1)SC[C@H]2CC(=O)N[C@H]1C[C@@H](C)CC(C)(C)C1. The van der Waals surface area contributed by atoms with Crippen LogP contribution in [0.2, 0.25) is 0 Å². The Morgan fingerprint density at radius 3 is 2.81 bits per heavy atom. The first-order chi connectivity index (χ1) is 12.1. The number of carbonyl (C=O) groups excluding carboxylic acids is 1. The highest BCUT2D eigenvalue weighted by Gasteiger charge is 2.34. The van der Waals surface area contributed by atoms with Gasteiger partial charge in [0.1, 0.15) is 0 Å². The van der Waals surface area contributed by atoms with Gasteiger partial charge in [-0.15, -0.1) is 0 Å². The fourth-order valence-electron chi connectivity index (χ4n) is 4.57. The first kappa shape index (κ1) is 19.5. The van der Waals surface area contributed by atoms with E-state index in [2.05, 4.69) is 31.1 Å². The minimum absolute atomic E-state index is 0.0334. The van der Waals surface area contributed by atoms with Gasteiger partial charge in [-0.3, -0.25) is 14.2 Å². The molecule has 3 atom stereocenters. The molecule has 1 fully saturated rings. The summed E-state index contributed by atoms with van der Waals surface area (Å²) in [5.74, 6) is 1.66. The normalized spacial score (nSPS) is 27.4. The summed E-state index contributed by atoms with van der Waals surface area (Å²) in [5, 5.41) is 3.98. The van der Waals surface area contributed by atoms with Crippen LogP contribution in [0, 0.1) is 11.3 Å². The molecule has 1 N–H and O–H groups in total. The van der Waals surface area contributed by atoms with Crippen LogP contribution >= 0.6 is 11.8 Å². The summed E-state index contributed by atoms with van der Waals surface area (Å²) in [4.78, 5) is 29.8. The number of fused-ring (bicyclic) bond motifs is 1. The van der Waals surface area contributed by atoms with Crippen molar-refractivity contribution in [1.29, 1.82) is 0 Å². The average Bonchev–Trinajstić information content (AvgIpc) is 2.88. The van der Waals surface area contributed by atoms with E-state index in [0.29, 0.717) is 12.3 Å². The van der Waals surface area contributed by atoms with Gasteiger partial charge in [-0.2, -0.15) is 0 Å². The van der Waals surface area contributed by atoms with E-state index in [4.69, 9.17) is 0 Å². The van der Waals surface area contributed by atoms with Gasteiger partial charge in [0.2, 0.25) is 5.91 Å². The van der Waals surface area contributed by atoms with Crippen molar-refractivity contribution in [3.8, 4) is 0 Å². The molecular weight excluding hydrogens is 346 g/mol. The molecule has 0 radical (unpaired) electrons. The lowest BCUT2D eigenvalue weighted by Gasteiger charge is -2.39. The van der Waals surface area contributed by atoms with Crippen molar-refractivity contribution in [2.75, 3.05) is 5.75 Å². The summed E-state index contributed by atoms with van der Waals surface area (Å²) >= 11 is 1.58. The van der Waals surface area contributed by atoms with Gasteiger partial charge in [0.15, 0.2) is 5.16 Å². The van der Waals surface area contributed by atoms with Crippen molar-refractivity contribution >= 4 is 17.7 Å². The summed E-state index contributed by atoms with van der Waals surface area (Å²) in [6.07, 6.45) is 3.64. The largest absolute Gasteiger partial charge is 0.353 e. The van der Waals surface area contributed by atoms with Crippen molar-refractivity contribution in [2.24, 2.45) is 11.3 Å². The Bertz CT molecular complexity index is 741. The minimum Gasteiger partial charge on any atom is -0.353 e. The minimum atomic E-state index is -0.0924. The molecule has 0 unspecified atom stereocenters. The van der Waals surface area contributed by atoms with E-state index >= 15 is 0 Å². The first-order valence-electron chi connectivity index (χ1n) is 9.70. The third-order valence-corrected chi connectivity index (χ3v) is 6.57. The molecule has 0 bridgehead atoms. The fourth-order valence-corrected chi connectivity index (χ4v) is 5.73. The number of aromatic nitrogens is 2. The molecule has 5 nitrogen and oxygen atoms in total. The maximum Gasteiger partial charge on any atom is 0.254 e. The zero-order valence-corrected chi connectivity index (χ0v) is 17.4. The van der Waals surface area contributed by atoms with Crippen molar-refractivity contribution in [1.82, 2.24) is 14.9 Å². The van der Waals surface area contributed by atoms with E-state index in [9.17, 15) is 9.59 Å². The van der Waals surface area contributed by atoms with Crippen LogP contribution in [-0.2, 0) is 4.79 Å².